The number of halogens is 1. The summed E-state index contributed by atoms with van der Waals surface area (Å²) in [6.45, 7) is 3.85. The predicted octanol–water partition coefficient (Wildman–Crippen LogP) is 3.29. The number of amides is 2. The summed E-state index contributed by atoms with van der Waals surface area (Å²) in [6.07, 6.45) is 1.56. The van der Waals surface area contributed by atoms with Crippen LogP contribution in [0.15, 0.2) is 55.1 Å². The van der Waals surface area contributed by atoms with Crippen LogP contribution in [0.5, 0.6) is 0 Å². The minimum absolute atomic E-state index is 0.254. The monoisotopic (exact) mass is 372 g/mol. The number of rotatable bonds is 6. The van der Waals surface area contributed by atoms with E-state index in [0.717, 1.165) is 0 Å². The molecule has 2 aromatic rings. The van der Waals surface area contributed by atoms with E-state index in [-0.39, 0.29) is 27.7 Å². The average molecular weight is 373 g/mol. The first kappa shape index (κ1) is 19.2. The van der Waals surface area contributed by atoms with E-state index in [9.17, 15) is 14.4 Å². The van der Waals surface area contributed by atoms with Gasteiger partial charge in [-0.2, -0.15) is 0 Å². The number of ether oxygens (including phenoxy) is 1. The van der Waals surface area contributed by atoms with Crippen molar-refractivity contribution in [2.24, 2.45) is 0 Å². The van der Waals surface area contributed by atoms with Crippen molar-refractivity contribution >= 4 is 35.1 Å². The van der Waals surface area contributed by atoms with Crippen LogP contribution in [0.2, 0.25) is 5.02 Å². The van der Waals surface area contributed by atoms with Crippen LogP contribution >= 0.6 is 11.6 Å². The van der Waals surface area contributed by atoms with Gasteiger partial charge in [0.2, 0.25) is 0 Å². The molecule has 0 saturated heterocycles. The molecule has 0 aliphatic carbocycles. The third kappa shape index (κ3) is 4.70. The zero-order chi connectivity index (χ0) is 19.1. The molecule has 0 saturated carbocycles. The molecule has 2 amide bonds. The molecule has 2 aromatic carbocycles. The molecule has 0 aromatic heterocycles. The van der Waals surface area contributed by atoms with Gasteiger partial charge in [0.05, 0.1) is 23.4 Å². The van der Waals surface area contributed by atoms with Gasteiger partial charge in [-0.15, -0.1) is 6.58 Å². The first-order chi connectivity index (χ1) is 12.5. The normalized spacial score (nSPS) is 9.92. The smallest absolute Gasteiger partial charge is 0.337 e. The van der Waals surface area contributed by atoms with Crippen molar-refractivity contribution in [2.75, 3.05) is 19.0 Å². The highest BCUT2D eigenvalue weighted by Crippen LogP contribution is 2.24. The number of methoxy groups -OCH3 is 1. The van der Waals surface area contributed by atoms with Gasteiger partial charge in [-0.05, 0) is 36.4 Å². The summed E-state index contributed by atoms with van der Waals surface area (Å²) in [5, 5.41) is 5.54. The number of carbonyl (C=O) groups excluding carboxylic acids is 3. The summed E-state index contributed by atoms with van der Waals surface area (Å²) in [6, 6.07) is 10.6. The molecular weight excluding hydrogens is 356 g/mol. The maximum absolute atomic E-state index is 12.5. The average Bonchev–Trinajstić information content (AvgIpc) is 2.67. The lowest BCUT2D eigenvalue weighted by Gasteiger charge is -2.10. The molecule has 7 heteroatoms. The summed E-state index contributed by atoms with van der Waals surface area (Å²) < 4.78 is 4.65. The van der Waals surface area contributed by atoms with Crippen molar-refractivity contribution in [3.8, 4) is 0 Å². The van der Waals surface area contributed by atoms with E-state index in [4.69, 9.17) is 11.6 Å². The summed E-state index contributed by atoms with van der Waals surface area (Å²) in [5.41, 5.74) is 1.13. The highest BCUT2D eigenvalue weighted by molar-refractivity contribution is 6.34. The number of benzene rings is 2. The first-order valence-electron chi connectivity index (χ1n) is 7.64. The Morgan fingerprint density at radius 2 is 1.77 bits per heavy atom. The van der Waals surface area contributed by atoms with Gasteiger partial charge in [0.1, 0.15) is 0 Å². The van der Waals surface area contributed by atoms with Crippen LogP contribution in [-0.4, -0.2) is 31.4 Å². The van der Waals surface area contributed by atoms with Crippen LogP contribution in [0.3, 0.4) is 0 Å². The Morgan fingerprint density at radius 3 is 2.42 bits per heavy atom. The quantitative estimate of drug-likeness (QED) is 0.602. The van der Waals surface area contributed by atoms with E-state index in [1.54, 1.807) is 24.3 Å². The van der Waals surface area contributed by atoms with Gasteiger partial charge in [0.15, 0.2) is 0 Å². The van der Waals surface area contributed by atoms with Gasteiger partial charge in [0.25, 0.3) is 11.8 Å². The van der Waals surface area contributed by atoms with Crippen LogP contribution in [0, 0.1) is 0 Å². The fourth-order valence-electron chi connectivity index (χ4n) is 2.13. The molecule has 26 heavy (non-hydrogen) atoms. The summed E-state index contributed by atoms with van der Waals surface area (Å²) >= 11 is 6.07. The number of hydrogen-bond donors (Lipinski definition) is 2. The molecule has 6 nitrogen and oxygen atoms in total. The predicted molar refractivity (Wildman–Crippen MR) is 99.7 cm³/mol. The Hall–Kier alpha value is -3.12. The largest absolute Gasteiger partial charge is 0.465 e. The molecule has 0 atom stereocenters. The van der Waals surface area contributed by atoms with Gasteiger partial charge >= 0.3 is 5.97 Å². The zero-order valence-corrected chi connectivity index (χ0v) is 14.8. The van der Waals surface area contributed by atoms with Gasteiger partial charge < -0.3 is 15.4 Å². The molecule has 0 spiro atoms. The van der Waals surface area contributed by atoms with Crippen molar-refractivity contribution in [2.45, 2.75) is 0 Å². The lowest BCUT2D eigenvalue weighted by molar-refractivity contribution is 0.0600. The fourth-order valence-corrected chi connectivity index (χ4v) is 2.29. The van der Waals surface area contributed by atoms with Crippen molar-refractivity contribution in [3.63, 3.8) is 0 Å². The van der Waals surface area contributed by atoms with Crippen LogP contribution in [0.1, 0.15) is 31.1 Å². The third-order valence-electron chi connectivity index (χ3n) is 3.43. The van der Waals surface area contributed by atoms with Crippen molar-refractivity contribution < 1.29 is 19.1 Å². The maximum Gasteiger partial charge on any atom is 0.337 e. The van der Waals surface area contributed by atoms with Crippen molar-refractivity contribution in [1.82, 2.24) is 5.32 Å². The first-order valence-corrected chi connectivity index (χ1v) is 8.02. The summed E-state index contributed by atoms with van der Waals surface area (Å²) in [4.78, 5) is 36.1. The summed E-state index contributed by atoms with van der Waals surface area (Å²) in [5.74, 6) is -1.32. The second-order valence-corrected chi connectivity index (χ2v) is 5.63. The van der Waals surface area contributed by atoms with Gasteiger partial charge in [-0.25, -0.2) is 4.79 Å². The lowest BCUT2D eigenvalue weighted by Crippen LogP contribution is -2.23. The van der Waals surface area contributed by atoms with Crippen molar-refractivity contribution in [3.05, 3.63) is 76.8 Å². The SMILES string of the molecule is C=CCNC(=O)c1cccc(C(=O)Nc2cc(C(=O)OC)ccc2Cl)c1. The number of anilines is 1. The lowest BCUT2D eigenvalue weighted by atomic mass is 10.1. The number of hydrogen-bond acceptors (Lipinski definition) is 4. The Kier molecular flexibility index (Phi) is 6.52. The Bertz CT molecular complexity index is 864. The number of nitrogens with one attached hydrogen (secondary N) is 2. The van der Waals surface area contributed by atoms with Crippen LogP contribution in [0.25, 0.3) is 0 Å². The van der Waals surface area contributed by atoms with E-state index in [1.807, 2.05) is 0 Å². The highest BCUT2D eigenvalue weighted by atomic mass is 35.5. The van der Waals surface area contributed by atoms with Crippen LogP contribution < -0.4 is 10.6 Å². The Labute approximate surface area is 155 Å². The molecule has 0 bridgehead atoms. The van der Waals surface area contributed by atoms with E-state index in [1.165, 1.54) is 31.4 Å². The van der Waals surface area contributed by atoms with E-state index in [2.05, 4.69) is 21.9 Å². The topological polar surface area (TPSA) is 84.5 Å². The van der Waals surface area contributed by atoms with Crippen LogP contribution in [0.4, 0.5) is 5.69 Å². The highest BCUT2D eigenvalue weighted by Gasteiger charge is 2.14. The third-order valence-corrected chi connectivity index (χ3v) is 3.76. The molecule has 2 rings (SSSR count). The fraction of sp³-hybridized carbons (Fsp3) is 0.105. The van der Waals surface area contributed by atoms with Crippen molar-refractivity contribution in [1.29, 1.82) is 0 Å². The van der Waals surface area contributed by atoms with Gasteiger partial charge in [0, 0.05) is 17.7 Å². The summed E-state index contributed by atoms with van der Waals surface area (Å²) in [7, 11) is 1.26. The Balaban J connectivity index is 2.21. The van der Waals surface area contributed by atoms with Gasteiger partial charge in [-0.1, -0.05) is 23.7 Å². The molecule has 0 aliphatic rings. The molecular formula is C19H17ClN2O4. The van der Waals surface area contributed by atoms with Crippen LogP contribution in [-0.2, 0) is 4.74 Å². The van der Waals surface area contributed by atoms with E-state index in [0.29, 0.717) is 12.1 Å². The molecule has 0 aliphatic heterocycles. The molecule has 0 heterocycles. The number of carbonyl (C=O) groups is 3. The minimum Gasteiger partial charge on any atom is -0.465 e. The van der Waals surface area contributed by atoms with E-state index < -0.39 is 11.9 Å². The molecule has 0 fully saturated rings. The maximum atomic E-state index is 12.5. The Morgan fingerprint density at radius 1 is 1.08 bits per heavy atom. The molecule has 0 unspecified atom stereocenters. The second kappa shape index (κ2) is 8.82. The standard InChI is InChI=1S/C19H17ClN2O4/c1-3-9-21-17(23)12-5-4-6-13(10-12)18(24)22-16-11-14(19(25)26-2)7-8-15(16)20/h3-8,10-11H,1,9H2,2H3,(H,21,23)(H,22,24). The second-order valence-electron chi connectivity index (χ2n) is 5.22. The minimum atomic E-state index is -0.543. The molecule has 134 valence electrons. The van der Waals surface area contributed by atoms with Gasteiger partial charge in [-0.3, -0.25) is 9.59 Å². The van der Waals surface area contributed by atoms with E-state index >= 15 is 0 Å². The zero-order valence-electron chi connectivity index (χ0n) is 14.0. The number of esters is 1. The molecule has 0 radical (unpaired) electrons. The molecule has 2 N–H and O–H groups in total.